The number of benzene rings is 1. The summed E-state index contributed by atoms with van der Waals surface area (Å²) < 4.78 is 28.1. The average molecular weight is 307 g/mol. The first kappa shape index (κ1) is 14.4. The zero-order chi connectivity index (χ0) is 15.0. The summed E-state index contributed by atoms with van der Waals surface area (Å²) >= 11 is 0. The Balaban J connectivity index is 1.89. The summed E-state index contributed by atoms with van der Waals surface area (Å²) in [7, 11) is -3.50. The van der Waals surface area contributed by atoms with Gasteiger partial charge in [0.05, 0.1) is 0 Å². The maximum absolute atomic E-state index is 12.6. The molecule has 1 heterocycles. The van der Waals surface area contributed by atoms with Crippen LogP contribution in [0.15, 0.2) is 29.3 Å². The molecule has 2 atom stereocenters. The summed E-state index contributed by atoms with van der Waals surface area (Å²) in [5, 5.41) is 0.681. The second-order valence-corrected chi connectivity index (χ2v) is 7.73. The molecule has 0 saturated heterocycles. The van der Waals surface area contributed by atoms with Gasteiger partial charge in [-0.1, -0.05) is 19.8 Å². The highest BCUT2D eigenvalue weighted by molar-refractivity contribution is 7.89. The number of hydrogen-bond donors (Lipinski definition) is 3. The van der Waals surface area contributed by atoms with Gasteiger partial charge in [0, 0.05) is 28.8 Å². The van der Waals surface area contributed by atoms with E-state index in [0.29, 0.717) is 21.9 Å². The lowest BCUT2D eigenvalue weighted by Crippen LogP contribution is -2.37. The Labute approximate surface area is 125 Å². The van der Waals surface area contributed by atoms with Crippen LogP contribution in [0.5, 0.6) is 0 Å². The van der Waals surface area contributed by atoms with Crippen molar-refractivity contribution in [3.8, 4) is 0 Å². The molecule has 3 rings (SSSR count). The monoisotopic (exact) mass is 307 g/mol. The summed E-state index contributed by atoms with van der Waals surface area (Å²) in [6, 6.07) is 5.26. The van der Waals surface area contributed by atoms with Crippen LogP contribution in [0.1, 0.15) is 32.6 Å². The van der Waals surface area contributed by atoms with Gasteiger partial charge in [0.1, 0.15) is 4.90 Å². The first-order chi connectivity index (χ1) is 9.95. The molecule has 1 aromatic carbocycles. The Morgan fingerprint density at radius 1 is 1.33 bits per heavy atom. The number of nitrogen functional groups attached to an aromatic ring is 1. The zero-order valence-corrected chi connectivity index (χ0v) is 12.9. The predicted octanol–water partition coefficient (Wildman–Crippen LogP) is 2.61. The fourth-order valence-electron chi connectivity index (χ4n) is 3.16. The molecule has 0 radical (unpaired) electrons. The molecule has 6 heteroatoms. The van der Waals surface area contributed by atoms with Crippen molar-refractivity contribution in [3.05, 3.63) is 24.4 Å². The van der Waals surface area contributed by atoms with Crippen molar-refractivity contribution in [2.24, 2.45) is 5.92 Å². The van der Waals surface area contributed by atoms with Gasteiger partial charge in [-0.25, -0.2) is 13.1 Å². The minimum Gasteiger partial charge on any atom is -0.399 e. The molecule has 1 saturated carbocycles. The van der Waals surface area contributed by atoms with Gasteiger partial charge >= 0.3 is 0 Å². The molecule has 2 aromatic rings. The van der Waals surface area contributed by atoms with Crippen molar-refractivity contribution < 1.29 is 8.42 Å². The fraction of sp³-hybridized carbons (Fsp3) is 0.467. The summed E-state index contributed by atoms with van der Waals surface area (Å²) in [6.07, 6.45) is 5.63. The molecule has 114 valence electrons. The molecule has 21 heavy (non-hydrogen) atoms. The van der Waals surface area contributed by atoms with Crippen molar-refractivity contribution in [1.82, 2.24) is 9.71 Å². The van der Waals surface area contributed by atoms with E-state index in [0.717, 1.165) is 24.8 Å². The third-order valence-corrected chi connectivity index (χ3v) is 5.78. The van der Waals surface area contributed by atoms with Gasteiger partial charge in [0.15, 0.2) is 0 Å². The zero-order valence-electron chi connectivity index (χ0n) is 12.1. The van der Waals surface area contributed by atoms with Crippen molar-refractivity contribution in [1.29, 1.82) is 0 Å². The van der Waals surface area contributed by atoms with E-state index in [9.17, 15) is 8.42 Å². The quantitative estimate of drug-likeness (QED) is 0.762. The number of sulfonamides is 1. The summed E-state index contributed by atoms with van der Waals surface area (Å²) in [6.45, 7) is 2.18. The molecule has 0 bridgehead atoms. The topological polar surface area (TPSA) is 88.0 Å². The third-order valence-electron chi connectivity index (χ3n) is 4.22. The number of rotatable bonds is 3. The average Bonchev–Trinajstić information content (AvgIpc) is 2.81. The molecule has 4 N–H and O–H groups in total. The highest BCUT2D eigenvalue weighted by Crippen LogP contribution is 2.27. The van der Waals surface area contributed by atoms with Crippen molar-refractivity contribution in [2.45, 2.75) is 43.5 Å². The maximum atomic E-state index is 12.6. The van der Waals surface area contributed by atoms with Gasteiger partial charge in [-0.15, -0.1) is 0 Å². The number of hydrogen-bond acceptors (Lipinski definition) is 3. The SMILES string of the molecule is CC1CCCC(NS(=O)(=O)c2c[nH]c3cc(N)ccc23)C1. The van der Waals surface area contributed by atoms with Crippen LogP contribution in [0.25, 0.3) is 10.9 Å². The van der Waals surface area contributed by atoms with Crippen LogP contribution < -0.4 is 10.5 Å². The maximum Gasteiger partial charge on any atom is 0.242 e. The van der Waals surface area contributed by atoms with Crippen molar-refractivity contribution in [2.75, 3.05) is 5.73 Å². The summed E-state index contributed by atoms with van der Waals surface area (Å²) in [4.78, 5) is 3.28. The Kier molecular flexibility index (Phi) is 3.67. The van der Waals surface area contributed by atoms with Gasteiger partial charge in [-0.2, -0.15) is 0 Å². The molecule has 5 nitrogen and oxygen atoms in total. The van der Waals surface area contributed by atoms with Gasteiger partial charge < -0.3 is 10.7 Å². The number of aromatic amines is 1. The minimum absolute atomic E-state index is 0.0393. The molecule has 1 aliphatic carbocycles. The number of anilines is 1. The van der Waals surface area contributed by atoms with Crippen LogP contribution in [-0.4, -0.2) is 19.4 Å². The first-order valence-electron chi connectivity index (χ1n) is 7.34. The van der Waals surface area contributed by atoms with Gasteiger partial charge in [0.25, 0.3) is 0 Å². The van der Waals surface area contributed by atoms with Crippen molar-refractivity contribution >= 4 is 26.6 Å². The third kappa shape index (κ3) is 2.91. The van der Waals surface area contributed by atoms with Crippen LogP contribution in [0.3, 0.4) is 0 Å². The fourth-order valence-corrected chi connectivity index (χ4v) is 4.63. The van der Waals surface area contributed by atoms with E-state index in [2.05, 4.69) is 16.6 Å². The van der Waals surface area contributed by atoms with E-state index in [4.69, 9.17) is 5.73 Å². The van der Waals surface area contributed by atoms with E-state index < -0.39 is 10.0 Å². The van der Waals surface area contributed by atoms with Crippen LogP contribution in [0, 0.1) is 5.92 Å². The molecule has 0 aliphatic heterocycles. The minimum atomic E-state index is -3.50. The normalized spacial score (nSPS) is 23.5. The van der Waals surface area contributed by atoms with Gasteiger partial charge in [-0.05, 0) is 37.0 Å². The van der Waals surface area contributed by atoms with E-state index in [-0.39, 0.29) is 6.04 Å². The predicted molar refractivity (Wildman–Crippen MR) is 84.5 cm³/mol. The first-order valence-corrected chi connectivity index (χ1v) is 8.83. The molecule has 1 aromatic heterocycles. The molecule has 0 amide bonds. The second kappa shape index (κ2) is 5.35. The Morgan fingerprint density at radius 3 is 2.90 bits per heavy atom. The van der Waals surface area contributed by atoms with E-state index in [1.54, 1.807) is 24.4 Å². The van der Waals surface area contributed by atoms with Crippen LogP contribution in [0.4, 0.5) is 5.69 Å². The lowest BCUT2D eigenvalue weighted by Gasteiger charge is -2.27. The number of nitrogens with one attached hydrogen (secondary N) is 2. The Morgan fingerprint density at radius 2 is 2.14 bits per heavy atom. The van der Waals surface area contributed by atoms with E-state index >= 15 is 0 Å². The molecule has 2 unspecified atom stereocenters. The summed E-state index contributed by atoms with van der Waals surface area (Å²) in [5.41, 5.74) is 7.08. The molecule has 1 fully saturated rings. The van der Waals surface area contributed by atoms with Crippen molar-refractivity contribution in [3.63, 3.8) is 0 Å². The number of aromatic nitrogens is 1. The van der Waals surface area contributed by atoms with Crippen LogP contribution in [0.2, 0.25) is 0 Å². The molecular formula is C15H21N3O2S. The van der Waals surface area contributed by atoms with Crippen LogP contribution in [-0.2, 0) is 10.0 Å². The number of H-pyrrole nitrogens is 1. The standard InChI is InChI=1S/C15H21N3O2S/c1-10-3-2-4-12(7-10)18-21(19,20)15-9-17-14-8-11(16)5-6-13(14)15/h5-6,8-10,12,17-18H,2-4,7,16H2,1H3. The molecular weight excluding hydrogens is 286 g/mol. The van der Waals surface area contributed by atoms with Gasteiger partial charge in [0.2, 0.25) is 10.0 Å². The second-order valence-electron chi connectivity index (χ2n) is 6.05. The lowest BCUT2D eigenvalue weighted by molar-refractivity contribution is 0.327. The highest BCUT2D eigenvalue weighted by atomic mass is 32.2. The van der Waals surface area contributed by atoms with E-state index in [1.807, 2.05) is 0 Å². The molecule has 1 aliphatic rings. The lowest BCUT2D eigenvalue weighted by atomic mass is 9.88. The van der Waals surface area contributed by atoms with Crippen LogP contribution >= 0.6 is 0 Å². The van der Waals surface area contributed by atoms with Gasteiger partial charge in [-0.3, -0.25) is 0 Å². The largest absolute Gasteiger partial charge is 0.399 e. The number of nitrogens with two attached hydrogens (primary N) is 1. The highest BCUT2D eigenvalue weighted by Gasteiger charge is 2.26. The Bertz CT molecular complexity index is 751. The Hall–Kier alpha value is -1.53. The molecule has 0 spiro atoms. The number of fused-ring (bicyclic) bond motifs is 1. The summed E-state index contributed by atoms with van der Waals surface area (Å²) in [5.74, 6) is 0.578. The van der Waals surface area contributed by atoms with E-state index in [1.165, 1.54) is 6.42 Å². The smallest absolute Gasteiger partial charge is 0.242 e.